The molecule has 2 saturated heterocycles. The molecule has 35 nitrogen and oxygen atoms in total. The third-order valence-electron chi connectivity index (χ3n) is 23.4. The molecular weight excluding hydrogens is 1800 g/mol. The number of ether oxygens (including phenoxy) is 4. The molecule has 0 radical (unpaired) electrons. The van der Waals surface area contributed by atoms with Crippen molar-refractivity contribution < 1.29 is 132 Å². The second-order valence-corrected chi connectivity index (χ2v) is 46.4. The molecule has 18 atom stereocenters. The highest BCUT2D eigenvalue weighted by atomic mass is 32.2. The molecule has 0 aliphatic carbocycles. The van der Waals surface area contributed by atoms with Crippen molar-refractivity contribution in [3.8, 4) is 5.75 Å². The molecule has 136 heavy (non-hydrogen) atoms. The number of carbonyl (C=O) groups excluding carboxylic acids is 3. The molecule has 812 valence electrons. The lowest BCUT2D eigenvalue weighted by atomic mass is 9.92. The van der Waals surface area contributed by atoms with Crippen LogP contribution >= 0.6 is 0 Å². The third-order valence-corrected chi connectivity index (χ3v) is 26.2. The van der Waals surface area contributed by atoms with Crippen molar-refractivity contribution in [3.63, 3.8) is 0 Å². The van der Waals surface area contributed by atoms with E-state index in [1.807, 2.05) is 52.0 Å². The maximum atomic E-state index is 12.0. The number of aliphatic hydroxyl groups is 16. The summed E-state index contributed by atoms with van der Waals surface area (Å²) < 4.78 is 67.0. The average Bonchev–Trinajstić information content (AvgIpc) is 0.812. The maximum Gasteiger partial charge on any atom is 0.229 e. The zero-order valence-corrected chi connectivity index (χ0v) is 90.9. The smallest absolute Gasteiger partial charge is 0.229 e. The quantitative estimate of drug-likeness (QED) is 0.0278. The Hall–Kier alpha value is -3.28. The summed E-state index contributed by atoms with van der Waals surface area (Å²) in [5.74, 6) is 6.80. The van der Waals surface area contributed by atoms with Gasteiger partial charge in [0.15, 0.2) is 17.9 Å². The predicted octanol–water partition coefficient (Wildman–Crippen LogP) is 5.61. The Kier molecular flexibility index (Phi) is 76.2. The van der Waals surface area contributed by atoms with E-state index in [2.05, 4.69) is 167 Å². The molecule has 1 amide bonds. The highest BCUT2D eigenvalue weighted by Gasteiger charge is 2.48. The second kappa shape index (κ2) is 74.6. The summed E-state index contributed by atoms with van der Waals surface area (Å²) in [6.45, 7) is 53.2. The minimum absolute atomic E-state index is 0.110. The Labute approximate surface area is 822 Å². The molecule has 1 aromatic carbocycles. The molecular formula is C99H202N8O27S2. The first-order valence-corrected chi connectivity index (χ1v) is 53.0. The summed E-state index contributed by atoms with van der Waals surface area (Å²) >= 11 is 0. The lowest BCUT2D eigenvalue weighted by Crippen LogP contribution is -2.60. The number of aliphatic hydroxyl groups excluding tert-OH is 16. The van der Waals surface area contributed by atoms with Crippen LogP contribution in [0.4, 0.5) is 0 Å². The molecule has 0 bridgehead atoms. The highest BCUT2D eigenvalue weighted by Crippen LogP contribution is 2.28. The number of likely N-dealkylation sites (N-methyl/N-ethyl adjacent to an activating group) is 1. The van der Waals surface area contributed by atoms with Gasteiger partial charge in [0.25, 0.3) is 0 Å². The van der Waals surface area contributed by atoms with E-state index in [9.17, 15) is 98.5 Å². The molecule has 2 fully saturated rings. The Bertz CT molecular complexity index is 3350. The van der Waals surface area contributed by atoms with Crippen LogP contribution in [0.15, 0.2) is 24.3 Å². The maximum absolute atomic E-state index is 12.0. The van der Waals surface area contributed by atoms with Crippen molar-refractivity contribution in [1.29, 1.82) is 0 Å². The van der Waals surface area contributed by atoms with Gasteiger partial charge in [-0.1, -0.05) is 157 Å². The summed E-state index contributed by atoms with van der Waals surface area (Å²) in [5.41, 5.74) is 0.669. The molecule has 2 heterocycles. The summed E-state index contributed by atoms with van der Waals surface area (Å²) in [5, 5.41) is 156. The van der Waals surface area contributed by atoms with Crippen LogP contribution in [0, 0.1) is 46.3 Å². The molecule has 0 saturated carbocycles. The number of nitrogens with one attached hydrogen (secondary N) is 1. The van der Waals surface area contributed by atoms with Gasteiger partial charge in [-0.05, 0) is 249 Å². The fraction of sp³-hybridized carbons (Fsp3) is 0.899. The zero-order valence-electron chi connectivity index (χ0n) is 89.3. The number of ketones is 2. The summed E-state index contributed by atoms with van der Waals surface area (Å²) in [4.78, 5) is 47.7. The number of carbonyl (C=O) groups is 3. The van der Waals surface area contributed by atoms with Gasteiger partial charge in [0.1, 0.15) is 79.0 Å². The third kappa shape index (κ3) is 68.9. The van der Waals surface area contributed by atoms with Gasteiger partial charge in [-0.15, -0.1) is 0 Å². The number of Topliss-reactive ketones (excluding diaryl/α,β-unsaturated/α-hetero) is 2. The van der Waals surface area contributed by atoms with Crippen LogP contribution in [0.5, 0.6) is 5.75 Å². The van der Waals surface area contributed by atoms with Crippen molar-refractivity contribution >= 4 is 43.2 Å². The van der Waals surface area contributed by atoms with Crippen LogP contribution < -0.4 is 10.1 Å². The Morgan fingerprint density at radius 1 is 0.478 bits per heavy atom. The van der Waals surface area contributed by atoms with Crippen LogP contribution in [0.3, 0.4) is 0 Å². The average molecular weight is 2000 g/mol. The van der Waals surface area contributed by atoms with Gasteiger partial charge in [-0.25, -0.2) is 16.9 Å². The van der Waals surface area contributed by atoms with Crippen molar-refractivity contribution in [3.05, 3.63) is 29.8 Å². The molecule has 0 spiro atoms. The monoisotopic (exact) mass is 2000 g/mol. The molecule has 2 aliphatic heterocycles. The van der Waals surface area contributed by atoms with Crippen molar-refractivity contribution in [1.82, 2.24) is 39.0 Å². The number of sulfonamides is 1. The van der Waals surface area contributed by atoms with Crippen molar-refractivity contribution in [2.75, 3.05) is 172 Å². The van der Waals surface area contributed by atoms with E-state index in [1.165, 1.54) is 24.6 Å². The fourth-order valence-corrected chi connectivity index (χ4v) is 15.2. The van der Waals surface area contributed by atoms with Gasteiger partial charge in [-0.2, -0.15) is 0 Å². The molecule has 2 aliphatic rings. The normalized spacial score (nSPS) is 20.9. The van der Waals surface area contributed by atoms with E-state index in [4.69, 9.17) is 33.7 Å². The van der Waals surface area contributed by atoms with Crippen molar-refractivity contribution in [2.24, 2.45) is 46.3 Å². The van der Waals surface area contributed by atoms with Crippen LogP contribution in [-0.4, -0.2) is 432 Å². The van der Waals surface area contributed by atoms with E-state index in [1.54, 1.807) is 26.2 Å². The SMILES string of the molecule is C=S(=O)(O)CCCN(C)CC(C)(C)C.CC(=O)C1OC(OCCCN(C)CCC(C)C)C(O)C(O)C1O.CC(=O)C1OC(Oc2ccc(CN(C)CCC(C)C)cc2)C(O)C(O)C1O.CCC(CO)(CO)NC(=O)CCN(C)CCC(C)C.CCC(CO)CCCCS(=O)(=O)N(C)CCC(C)C.CCC(O)CCN(C)CCC(C)C.CN(CCC(C)(C)C)CC(O)C(O)C(O)C(O)C(O)CO. The van der Waals surface area contributed by atoms with E-state index in [0.29, 0.717) is 86.6 Å². The minimum atomic E-state index is -3.10. The van der Waals surface area contributed by atoms with Crippen LogP contribution in [0.1, 0.15) is 254 Å². The van der Waals surface area contributed by atoms with Gasteiger partial charge < -0.3 is 140 Å². The summed E-state index contributed by atoms with van der Waals surface area (Å²) in [6.07, 6.45) is -7.52. The van der Waals surface area contributed by atoms with Gasteiger partial charge in [-0.3, -0.25) is 14.4 Å². The Morgan fingerprint density at radius 3 is 1.33 bits per heavy atom. The first-order valence-electron chi connectivity index (χ1n) is 49.5. The van der Waals surface area contributed by atoms with E-state index < -0.39 is 135 Å². The first-order chi connectivity index (χ1) is 62.8. The minimum Gasteiger partial charge on any atom is -0.462 e. The lowest BCUT2D eigenvalue weighted by Gasteiger charge is -2.39. The van der Waals surface area contributed by atoms with Gasteiger partial charge >= 0.3 is 0 Å². The standard InChI is InChI=1S/C20H31NO6.C16H31NO6.C14H30N2O3.C14H31NO6.C14H31NO3S.C11H25NO.C10H23NO2S/c1-12(2)9-10-21(4)11-14-5-7-15(8-6-14)26-20-18(25)16(23)17(24)19(27-20)13(3)22;1-10(2)6-8-17(4)7-5-9-22-16-14(21)12(19)13(20)15(23-16)11(3)18;1-5-14(10-17,11-18)15-13(19)7-9-16(4)8-6-12(2)3;1-14(2,3)5-6-15(4)7-9(17)11(19)13(21)12(20)10(18)8-16;1-5-14(12-16)8-6-7-11-19(17,18)15(4)10-9-13(2)3;1-5-11(13)7-9-12(4)8-6-10(2)3;1-10(2,3)9-11(4)7-6-8-14(5,12)13/h5-8,12,16-20,23-25H,9-11H2,1-4H3;10,12-16,19-21H,5-9H2,1-4H3;12,17-18H,5-11H2,1-4H3,(H,15,19);9-13,16-21H,5-8H2,1-4H3;13-14,16H,5-12H2,1-4H3;10-11,13H,5-9H2,1-4H3;5-9H2,1-4H3,(H,12,13). The van der Waals surface area contributed by atoms with Gasteiger partial charge in [0.2, 0.25) is 22.2 Å². The van der Waals surface area contributed by atoms with E-state index >= 15 is 0 Å². The Balaban J connectivity index is -0.000000756. The van der Waals surface area contributed by atoms with Gasteiger partial charge in [0.05, 0.1) is 59.7 Å². The zero-order chi connectivity index (χ0) is 106. The second-order valence-electron chi connectivity index (χ2n) is 42.2. The lowest BCUT2D eigenvalue weighted by molar-refractivity contribution is -0.290. The molecule has 18 unspecified atom stereocenters. The highest BCUT2D eigenvalue weighted by molar-refractivity contribution is 7.95. The number of hydrogen-bond acceptors (Lipinski definition) is 32. The number of benzene rings is 1. The van der Waals surface area contributed by atoms with E-state index in [0.717, 1.165) is 147 Å². The molecule has 37 heteroatoms. The van der Waals surface area contributed by atoms with Crippen LogP contribution in [-0.2, 0) is 55.0 Å². The van der Waals surface area contributed by atoms with Crippen LogP contribution in [0.25, 0.3) is 0 Å². The largest absolute Gasteiger partial charge is 0.462 e. The van der Waals surface area contributed by atoms with Crippen molar-refractivity contribution in [2.45, 2.75) is 358 Å². The van der Waals surface area contributed by atoms with Crippen LogP contribution in [0.2, 0.25) is 0 Å². The Morgan fingerprint density at radius 2 is 0.912 bits per heavy atom. The molecule has 1 aromatic rings. The first kappa shape index (κ1) is 139. The topological polar surface area (TPSA) is 518 Å². The summed E-state index contributed by atoms with van der Waals surface area (Å²) in [7, 11) is 7.85. The van der Waals surface area contributed by atoms with E-state index in [-0.39, 0.29) is 55.0 Å². The number of rotatable bonds is 59. The molecule has 3 rings (SSSR count). The summed E-state index contributed by atoms with van der Waals surface area (Å²) in [6, 6.07) is 7.35. The van der Waals surface area contributed by atoms with Gasteiger partial charge in [0, 0.05) is 71.6 Å². The molecule has 18 N–H and O–H groups in total. The number of nitrogens with zero attached hydrogens (tertiary/aromatic N) is 7. The number of unbranched alkanes of at least 4 members (excludes halogenated alkanes) is 1. The number of amides is 1. The number of hydrogen-bond donors (Lipinski definition) is 18. The predicted molar refractivity (Wildman–Crippen MR) is 543 cm³/mol. The fourth-order valence-electron chi connectivity index (χ4n) is 13.4. The molecule has 0 aromatic heterocycles.